The van der Waals surface area contributed by atoms with Crippen molar-refractivity contribution in [1.82, 2.24) is 5.32 Å². The smallest absolute Gasteiger partial charge is 0.120 e. The van der Waals surface area contributed by atoms with Crippen molar-refractivity contribution in [2.75, 3.05) is 0 Å². The molecule has 3 rings (SSSR count). The largest absolute Gasteiger partial charge is 0.489 e. The van der Waals surface area contributed by atoms with Crippen LogP contribution in [0, 0.1) is 11.3 Å². The van der Waals surface area contributed by atoms with E-state index in [1.165, 1.54) is 0 Å². The molecule has 0 aromatic heterocycles. The van der Waals surface area contributed by atoms with Crippen LogP contribution in [0.5, 0.6) is 5.75 Å². The molecule has 0 atom stereocenters. The third-order valence-corrected chi connectivity index (χ3v) is 3.19. The highest BCUT2D eigenvalue weighted by Gasteiger charge is 2.15. The van der Waals surface area contributed by atoms with Crippen LogP contribution >= 0.6 is 0 Å². The molecule has 0 amide bonds. The number of nitriles is 1. The lowest BCUT2D eigenvalue weighted by molar-refractivity contribution is 0.306. The van der Waals surface area contributed by atoms with E-state index in [0.29, 0.717) is 13.0 Å². The second kappa shape index (κ2) is 5.50. The van der Waals surface area contributed by atoms with Crippen LogP contribution in [0.25, 0.3) is 5.57 Å². The first-order valence-corrected chi connectivity index (χ1v) is 6.45. The predicted octanol–water partition coefficient (Wildman–Crippen LogP) is 3.77. The Morgan fingerprint density at radius 3 is 2.75 bits per heavy atom. The van der Waals surface area contributed by atoms with E-state index in [2.05, 4.69) is 11.4 Å². The van der Waals surface area contributed by atoms with E-state index in [1.54, 1.807) is 6.20 Å². The van der Waals surface area contributed by atoms with E-state index >= 15 is 0 Å². The number of fused-ring (bicyclic) bond motifs is 1. The summed E-state index contributed by atoms with van der Waals surface area (Å²) in [6.45, 7) is 0.536. The molecule has 1 aliphatic rings. The molecule has 0 bridgehead atoms. The van der Waals surface area contributed by atoms with Crippen molar-refractivity contribution in [2.45, 2.75) is 13.0 Å². The summed E-state index contributed by atoms with van der Waals surface area (Å²) < 4.78 is 5.79. The van der Waals surface area contributed by atoms with Crippen LogP contribution in [0.2, 0.25) is 0 Å². The van der Waals surface area contributed by atoms with Gasteiger partial charge < -0.3 is 4.74 Å². The van der Waals surface area contributed by atoms with Crippen LogP contribution < -0.4 is 10.1 Å². The molecule has 0 fully saturated rings. The second-order valence-electron chi connectivity index (χ2n) is 4.57. The molecule has 0 saturated heterocycles. The Kier molecular flexibility index (Phi) is 3.38. The molecule has 0 unspecified atom stereocenters. The SMILES string of the molecule is N#CCC1=C[N]c2ccc(OCc3ccccc3)cc21. The average Bonchev–Trinajstić information content (AvgIpc) is 2.89. The summed E-state index contributed by atoms with van der Waals surface area (Å²) in [5.41, 5.74) is 3.98. The first-order valence-electron chi connectivity index (χ1n) is 6.45. The fourth-order valence-corrected chi connectivity index (χ4v) is 2.16. The molecule has 97 valence electrons. The first kappa shape index (κ1) is 12.3. The van der Waals surface area contributed by atoms with Crippen LogP contribution in [-0.2, 0) is 6.61 Å². The maximum absolute atomic E-state index is 8.81. The topological polar surface area (TPSA) is 47.1 Å². The minimum Gasteiger partial charge on any atom is -0.489 e. The van der Waals surface area contributed by atoms with Gasteiger partial charge in [-0.05, 0) is 29.3 Å². The molecule has 0 N–H and O–H groups in total. The summed E-state index contributed by atoms with van der Waals surface area (Å²) in [5.74, 6) is 0.800. The third kappa shape index (κ3) is 2.50. The Morgan fingerprint density at radius 2 is 1.95 bits per heavy atom. The van der Waals surface area contributed by atoms with Gasteiger partial charge in [0.1, 0.15) is 12.4 Å². The van der Waals surface area contributed by atoms with Crippen molar-refractivity contribution in [3.8, 4) is 11.8 Å². The Labute approximate surface area is 118 Å². The molecule has 1 aliphatic heterocycles. The molecule has 2 aromatic rings. The highest BCUT2D eigenvalue weighted by molar-refractivity contribution is 5.81. The Morgan fingerprint density at radius 1 is 1.10 bits per heavy atom. The van der Waals surface area contributed by atoms with Gasteiger partial charge in [0, 0.05) is 11.8 Å². The lowest BCUT2D eigenvalue weighted by atomic mass is 10.0. The number of ether oxygens (including phenoxy) is 1. The molecule has 20 heavy (non-hydrogen) atoms. The number of hydrogen-bond acceptors (Lipinski definition) is 2. The molecule has 3 heteroatoms. The Hall–Kier alpha value is -2.73. The first-order chi connectivity index (χ1) is 9.86. The zero-order chi connectivity index (χ0) is 13.8. The van der Waals surface area contributed by atoms with Gasteiger partial charge in [-0.1, -0.05) is 30.3 Å². The number of hydrogen-bond donors (Lipinski definition) is 0. The van der Waals surface area contributed by atoms with E-state index < -0.39 is 0 Å². The van der Waals surface area contributed by atoms with E-state index in [1.807, 2.05) is 48.5 Å². The summed E-state index contributed by atoms with van der Waals surface area (Å²) in [5, 5.41) is 13.1. The molecule has 1 radical (unpaired) electrons. The standard InChI is InChI=1S/C17H13N2O/c18-9-8-14-11-19-17-7-6-15(10-16(14)17)20-12-13-4-2-1-3-5-13/h1-7,10-11H,8,12H2. The van der Waals surface area contributed by atoms with Gasteiger partial charge in [0.15, 0.2) is 0 Å². The zero-order valence-corrected chi connectivity index (χ0v) is 10.9. The van der Waals surface area contributed by atoms with E-state index in [4.69, 9.17) is 10.00 Å². The molecular formula is C17H13N2O. The monoisotopic (exact) mass is 261 g/mol. The van der Waals surface area contributed by atoms with Crippen molar-refractivity contribution in [3.05, 3.63) is 65.9 Å². The van der Waals surface area contributed by atoms with Crippen molar-refractivity contribution in [1.29, 1.82) is 5.26 Å². The molecule has 1 heterocycles. The van der Waals surface area contributed by atoms with Gasteiger partial charge in [0.2, 0.25) is 0 Å². The lowest BCUT2D eigenvalue weighted by Crippen LogP contribution is -1.95. The summed E-state index contributed by atoms with van der Waals surface area (Å²) in [7, 11) is 0. The molecule has 0 aliphatic carbocycles. The van der Waals surface area contributed by atoms with Gasteiger partial charge in [0.25, 0.3) is 0 Å². The number of nitrogens with zero attached hydrogens (tertiary/aromatic N) is 2. The van der Waals surface area contributed by atoms with Crippen molar-refractivity contribution in [3.63, 3.8) is 0 Å². The number of benzene rings is 2. The minimum atomic E-state index is 0.374. The minimum absolute atomic E-state index is 0.374. The van der Waals surface area contributed by atoms with Crippen LogP contribution in [0.15, 0.2) is 54.7 Å². The fraction of sp³-hybridized carbons (Fsp3) is 0.118. The van der Waals surface area contributed by atoms with Gasteiger partial charge in [0.05, 0.1) is 18.2 Å². The molecule has 0 spiro atoms. The van der Waals surface area contributed by atoms with Gasteiger partial charge in [-0.2, -0.15) is 5.26 Å². The summed E-state index contributed by atoms with van der Waals surface area (Å²) in [6, 6.07) is 18.0. The average molecular weight is 261 g/mol. The van der Waals surface area contributed by atoms with Crippen molar-refractivity contribution >= 4 is 11.3 Å². The van der Waals surface area contributed by atoms with Crippen LogP contribution in [-0.4, -0.2) is 0 Å². The molecule has 2 aromatic carbocycles. The number of rotatable bonds is 4. The van der Waals surface area contributed by atoms with Gasteiger partial charge in [-0.3, -0.25) is 5.32 Å². The van der Waals surface area contributed by atoms with Crippen LogP contribution in [0.4, 0.5) is 5.69 Å². The Bertz CT molecular complexity index is 684. The quantitative estimate of drug-likeness (QED) is 0.841. The maximum atomic E-state index is 8.81. The highest BCUT2D eigenvalue weighted by Crippen LogP contribution is 2.34. The summed E-state index contributed by atoms with van der Waals surface area (Å²) in [4.78, 5) is 0. The normalized spacial score (nSPS) is 12.1. The zero-order valence-electron chi connectivity index (χ0n) is 10.9. The van der Waals surface area contributed by atoms with E-state index in [0.717, 1.165) is 28.1 Å². The predicted molar refractivity (Wildman–Crippen MR) is 77.2 cm³/mol. The molecule has 0 saturated carbocycles. The molecule has 3 nitrogen and oxygen atoms in total. The lowest BCUT2D eigenvalue weighted by Gasteiger charge is -2.08. The maximum Gasteiger partial charge on any atom is 0.120 e. The van der Waals surface area contributed by atoms with Gasteiger partial charge in [-0.15, -0.1) is 0 Å². The fourth-order valence-electron chi connectivity index (χ4n) is 2.16. The summed E-state index contributed by atoms with van der Waals surface area (Å²) >= 11 is 0. The molecular weight excluding hydrogens is 248 g/mol. The van der Waals surface area contributed by atoms with E-state index in [-0.39, 0.29) is 0 Å². The second-order valence-corrected chi connectivity index (χ2v) is 4.57. The van der Waals surface area contributed by atoms with Gasteiger partial charge >= 0.3 is 0 Å². The highest BCUT2D eigenvalue weighted by atomic mass is 16.5. The third-order valence-electron chi connectivity index (χ3n) is 3.19. The van der Waals surface area contributed by atoms with Crippen molar-refractivity contribution in [2.24, 2.45) is 0 Å². The van der Waals surface area contributed by atoms with Crippen molar-refractivity contribution < 1.29 is 4.74 Å². The van der Waals surface area contributed by atoms with Crippen LogP contribution in [0.3, 0.4) is 0 Å². The number of allylic oxidation sites excluding steroid dienone is 1. The van der Waals surface area contributed by atoms with Crippen LogP contribution in [0.1, 0.15) is 17.5 Å². The Balaban J connectivity index is 1.75. The van der Waals surface area contributed by atoms with Gasteiger partial charge in [-0.25, -0.2) is 0 Å². The summed E-state index contributed by atoms with van der Waals surface area (Å²) in [6.07, 6.45) is 2.13. The van der Waals surface area contributed by atoms with E-state index in [9.17, 15) is 0 Å².